The minimum absolute atomic E-state index is 0.177. The van der Waals surface area contributed by atoms with E-state index in [1.165, 1.54) is 5.56 Å². The first-order chi connectivity index (χ1) is 15.0. The molecule has 0 unspecified atom stereocenters. The highest BCUT2D eigenvalue weighted by molar-refractivity contribution is 6.00. The number of carbonyl (C=O) groups is 1. The Hall–Kier alpha value is -3.41. The summed E-state index contributed by atoms with van der Waals surface area (Å²) in [5.74, 6) is 1.37. The van der Waals surface area contributed by atoms with Crippen molar-refractivity contribution in [3.05, 3.63) is 68.9 Å². The van der Waals surface area contributed by atoms with E-state index in [9.17, 15) is 9.59 Å². The molecule has 0 spiro atoms. The molecular weight excluding hydrogens is 392 g/mol. The lowest BCUT2D eigenvalue weighted by molar-refractivity contribution is -0.116. The van der Waals surface area contributed by atoms with Gasteiger partial charge in [0.15, 0.2) is 0 Å². The van der Waals surface area contributed by atoms with Crippen LogP contribution >= 0.6 is 0 Å². The summed E-state index contributed by atoms with van der Waals surface area (Å²) >= 11 is 0. The molecule has 0 atom stereocenters. The number of amides is 1. The van der Waals surface area contributed by atoms with E-state index in [2.05, 4.69) is 16.4 Å². The number of furan rings is 1. The van der Waals surface area contributed by atoms with Crippen molar-refractivity contribution in [3.8, 4) is 0 Å². The van der Waals surface area contributed by atoms with Crippen LogP contribution in [0.4, 0.5) is 5.82 Å². The van der Waals surface area contributed by atoms with Crippen LogP contribution in [0, 0.1) is 13.8 Å². The number of aryl methyl sites for hydroxylation is 4. The van der Waals surface area contributed by atoms with E-state index in [0.717, 1.165) is 58.9 Å². The van der Waals surface area contributed by atoms with Crippen LogP contribution in [-0.4, -0.2) is 10.9 Å². The number of carbonyl (C=O) groups excluding carboxylic acids is 1. The Kier molecular flexibility index (Phi) is 4.85. The highest BCUT2D eigenvalue weighted by Crippen LogP contribution is 2.37. The summed E-state index contributed by atoms with van der Waals surface area (Å²) < 4.78 is 11.9. The fourth-order valence-electron chi connectivity index (χ4n) is 4.59. The molecule has 158 valence electrons. The Labute approximate surface area is 179 Å². The van der Waals surface area contributed by atoms with Gasteiger partial charge in [0.05, 0.1) is 0 Å². The van der Waals surface area contributed by atoms with Crippen LogP contribution < -0.4 is 10.9 Å². The van der Waals surface area contributed by atoms with Gasteiger partial charge in [-0.1, -0.05) is 6.07 Å². The van der Waals surface area contributed by atoms with Gasteiger partial charge < -0.3 is 14.2 Å². The molecule has 0 bridgehead atoms. The number of pyridine rings is 1. The molecule has 6 heteroatoms. The lowest BCUT2D eigenvalue weighted by atomic mass is 9.93. The van der Waals surface area contributed by atoms with Crippen molar-refractivity contribution in [2.45, 2.75) is 52.4 Å². The van der Waals surface area contributed by atoms with Crippen molar-refractivity contribution in [1.82, 2.24) is 4.98 Å². The van der Waals surface area contributed by atoms with E-state index in [-0.39, 0.29) is 12.3 Å². The van der Waals surface area contributed by atoms with E-state index in [1.54, 1.807) is 18.3 Å². The number of aromatic nitrogens is 1. The van der Waals surface area contributed by atoms with E-state index < -0.39 is 5.63 Å². The largest absolute Gasteiger partial charge is 0.460 e. The maximum Gasteiger partial charge on any atom is 0.339 e. The summed E-state index contributed by atoms with van der Waals surface area (Å²) in [6.45, 7) is 3.88. The average Bonchev–Trinajstić information content (AvgIpc) is 3.14. The molecule has 5 rings (SSSR count). The van der Waals surface area contributed by atoms with Crippen molar-refractivity contribution >= 4 is 33.7 Å². The van der Waals surface area contributed by atoms with Gasteiger partial charge in [0.2, 0.25) is 5.91 Å². The zero-order valence-corrected chi connectivity index (χ0v) is 17.7. The smallest absolute Gasteiger partial charge is 0.339 e. The quantitative estimate of drug-likeness (QED) is 0.473. The van der Waals surface area contributed by atoms with E-state index in [4.69, 9.17) is 8.83 Å². The fraction of sp³-hybridized carbons (Fsp3) is 0.320. The van der Waals surface area contributed by atoms with E-state index >= 15 is 0 Å². The third-order valence-corrected chi connectivity index (χ3v) is 6.26. The zero-order valence-electron chi connectivity index (χ0n) is 17.7. The molecule has 0 saturated heterocycles. The molecule has 1 aliphatic carbocycles. The number of benzene rings is 1. The summed E-state index contributed by atoms with van der Waals surface area (Å²) in [5, 5.41) is 4.79. The summed E-state index contributed by atoms with van der Waals surface area (Å²) in [7, 11) is 0. The highest BCUT2D eigenvalue weighted by atomic mass is 16.4. The molecule has 6 nitrogen and oxygen atoms in total. The topological polar surface area (TPSA) is 85.3 Å². The molecule has 1 amide bonds. The number of hydrogen-bond donors (Lipinski definition) is 1. The number of rotatable bonds is 4. The number of nitrogens with one attached hydrogen (secondary N) is 1. The Morgan fingerprint density at radius 2 is 1.87 bits per heavy atom. The predicted octanol–water partition coefficient (Wildman–Crippen LogP) is 5.00. The minimum atomic E-state index is -0.394. The molecule has 4 aromatic rings. The maximum atomic E-state index is 12.8. The van der Waals surface area contributed by atoms with Crippen LogP contribution in [0.2, 0.25) is 0 Å². The fourth-order valence-corrected chi connectivity index (χ4v) is 4.59. The maximum absolute atomic E-state index is 12.8. The van der Waals surface area contributed by atoms with Crippen molar-refractivity contribution < 1.29 is 13.6 Å². The van der Waals surface area contributed by atoms with Crippen LogP contribution in [0.5, 0.6) is 0 Å². The first kappa shape index (κ1) is 19.5. The predicted molar refractivity (Wildman–Crippen MR) is 120 cm³/mol. The standard InChI is InChI=1S/C25H24N2O4/c1-14-16(10-11-22(28)27-21-9-5-6-12-26-21)25(29)31-23-15(2)24-19(13-18(14)23)17-7-3-4-8-20(17)30-24/h5-6,9,12-13H,3-4,7-8,10-11H2,1-2H3,(H,26,27,28). The molecule has 0 aliphatic heterocycles. The second kappa shape index (κ2) is 7.69. The zero-order chi connectivity index (χ0) is 21.5. The molecule has 1 aliphatic rings. The number of nitrogens with zero attached hydrogens (tertiary/aromatic N) is 1. The van der Waals surface area contributed by atoms with Crippen molar-refractivity contribution in [2.75, 3.05) is 5.32 Å². The number of anilines is 1. The van der Waals surface area contributed by atoms with Crippen molar-refractivity contribution in [3.63, 3.8) is 0 Å². The Morgan fingerprint density at radius 1 is 1.06 bits per heavy atom. The molecule has 1 N–H and O–H groups in total. The average molecular weight is 416 g/mol. The first-order valence-electron chi connectivity index (χ1n) is 10.7. The van der Waals surface area contributed by atoms with Gasteiger partial charge in [0, 0.05) is 46.5 Å². The lowest BCUT2D eigenvalue weighted by Gasteiger charge is -2.11. The highest BCUT2D eigenvalue weighted by Gasteiger charge is 2.23. The lowest BCUT2D eigenvalue weighted by Crippen LogP contribution is -2.17. The molecular formula is C25H24N2O4. The Bertz CT molecular complexity index is 1370. The molecule has 0 fully saturated rings. The second-order valence-electron chi connectivity index (χ2n) is 8.22. The molecule has 3 heterocycles. The van der Waals surface area contributed by atoms with Crippen LogP contribution in [-0.2, 0) is 24.1 Å². The van der Waals surface area contributed by atoms with Gasteiger partial charge in [0.1, 0.15) is 22.7 Å². The first-order valence-corrected chi connectivity index (χ1v) is 10.7. The van der Waals surface area contributed by atoms with Crippen molar-refractivity contribution in [1.29, 1.82) is 0 Å². The summed E-state index contributed by atoms with van der Waals surface area (Å²) in [6.07, 6.45) is 6.39. The summed E-state index contributed by atoms with van der Waals surface area (Å²) in [6, 6.07) is 7.42. The molecule has 0 radical (unpaired) electrons. The van der Waals surface area contributed by atoms with Gasteiger partial charge in [-0.25, -0.2) is 9.78 Å². The van der Waals surface area contributed by atoms with Gasteiger partial charge in [-0.15, -0.1) is 0 Å². The SMILES string of the molecule is Cc1c(CCC(=O)Nc2ccccn2)c(=O)oc2c(C)c3oc4c(c3cc12)CCCC4. The van der Waals surface area contributed by atoms with Crippen LogP contribution in [0.3, 0.4) is 0 Å². The van der Waals surface area contributed by atoms with Crippen LogP contribution in [0.15, 0.2) is 44.1 Å². The van der Waals surface area contributed by atoms with Crippen molar-refractivity contribution in [2.24, 2.45) is 0 Å². The second-order valence-corrected chi connectivity index (χ2v) is 8.22. The van der Waals surface area contributed by atoms with Gasteiger partial charge in [-0.05, 0) is 63.3 Å². The van der Waals surface area contributed by atoms with Crippen LogP contribution in [0.1, 0.15) is 47.3 Å². The third kappa shape index (κ3) is 3.42. The monoisotopic (exact) mass is 416 g/mol. The normalized spacial score (nSPS) is 13.5. The van der Waals surface area contributed by atoms with Gasteiger partial charge in [-0.3, -0.25) is 4.79 Å². The number of hydrogen-bond acceptors (Lipinski definition) is 5. The number of fused-ring (bicyclic) bond motifs is 4. The minimum Gasteiger partial charge on any atom is -0.460 e. The Balaban J connectivity index is 1.51. The van der Waals surface area contributed by atoms with Crippen LogP contribution in [0.25, 0.3) is 21.9 Å². The molecule has 0 saturated carbocycles. The Morgan fingerprint density at radius 3 is 2.68 bits per heavy atom. The third-order valence-electron chi connectivity index (χ3n) is 6.26. The summed E-state index contributed by atoms with van der Waals surface area (Å²) in [4.78, 5) is 29.2. The molecule has 3 aromatic heterocycles. The van der Waals surface area contributed by atoms with E-state index in [0.29, 0.717) is 23.4 Å². The van der Waals surface area contributed by atoms with E-state index in [1.807, 2.05) is 19.9 Å². The molecule has 31 heavy (non-hydrogen) atoms. The summed E-state index contributed by atoms with van der Waals surface area (Å²) in [5.41, 5.74) is 4.56. The van der Waals surface area contributed by atoms with Gasteiger partial charge in [-0.2, -0.15) is 0 Å². The van der Waals surface area contributed by atoms with Gasteiger partial charge in [0.25, 0.3) is 0 Å². The van der Waals surface area contributed by atoms with Gasteiger partial charge >= 0.3 is 5.63 Å². The molecule has 1 aromatic carbocycles.